The number of hydrogen-bond donors (Lipinski definition) is 2. The largest absolute Gasteiger partial charge is 0.481 e. The first-order valence-corrected chi connectivity index (χ1v) is 4.72. The number of ether oxygens (including phenoxy) is 1. The van der Waals surface area contributed by atoms with Gasteiger partial charge in [-0.1, -0.05) is 0 Å². The molecule has 2 aliphatic carbocycles. The van der Waals surface area contributed by atoms with E-state index in [0.717, 1.165) is 0 Å². The van der Waals surface area contributed by atoms with Crippen molar-refractivity contribution in [2.75, 3.05) is 0 Å². The summed E-state index contributed by atoms with van der Waals surface area (Å²) in [6.45, 7) is 0. The first kappa shape index (κ1) is 8.23. The van der Waals surface area contributed by atoms with E-state index in [1.165, 1.54) is 0 Å². The Kier molecular flexibility index (Phi) is 1.34. The maximum atomic E-state index is 11.4. The third-order valence-corrected chi connectivity index (χ3v) is 3.86. The molecule has 0 aromatic carbocycles. The van der Waals surface area contributed by atoms with Crippen molar-refractivity contribution < 1.29 is 24.5 Å². The van der Waals surface area contributed by atoms with Gasteiger partial charge >= 0.3 is 11.9 Å². The van der Waals surface area contributed by atoms with E-state index in [1.54, 1.807) is 0 Å². The van der Waals surface area contributed by atoms with Gasteiger partial charge in [-0.15, -0.1) is 0 Å². The molecule has 0 spiro atoms. The van der Waals surface area contributed by atoms with E-state index in [2.05, 4.69) is 0 Å². The Hall–Kier alpha value is -1.10. The molecule has 3 rings (SSSR count). The Morgan fingerprint density at radius 3 is 2.79 bits per heavy atom. The zero-order valence-corrected chi connectivity index (χ0v) is 7.29. The number of carboxylic acid groups (broad SMARTS) is 1. The van der Waals surface area contributed by atoms with Gasteiger partial charge in [0.05, 0.1) is 17.9 Å². The number of aliphatic carboxylic acids is 1. The number of carbonyl (C=O) groups is 2. The van der Waals surface area contributed by atoms with Crippen molar-refractivity contribution >= 4 is 11.9 Å². The summed E-state index contributed by atoms with van der Waals surface area (Å²) in [6, 6.07) is 0. The van der Waals surface area contributed by atoms with Crippen LogP contribution in [0.5, 0.6) is 0 Å². The van der Waals surface area contributed by atoms with E-state index >= 15 is 0 Å². The van der Waals surface area contributed by atoms with Crippen LogP contribution < -0.4 is 0 Å². The molecule has 76 valence electrons. The summed E-state index contributed by atoms with van der Waals surface area (Å²) < 4.78 is 4.98. The van der Waals surface area contributed by atoms with Gasteiger partial charge < -0.3 is 14.9 Å². The van der Waals surface area contributed by atoms with Crippen LogP contribution in [0.15, 0.2) is 0 Å². The molecule has 1 aliphatic heterocycles. The molecule has 3 fully saturated rings. The number of fused-ring (bicyclic) bond motifs is 1. The summed E-state index contributed by atoms with van der Waals surface area (Å²) in [5.74, 6) is -3.03. The maximum absolute atomic E-state index is 11.4. The minimum atomic E-state index is -0.987. The Balaban J connectivity index is 2.04. The summed E-state index contributed by atoms with van der Waals surface area (Å²) in [4.78, 5) is 22.3. The first-order valence-electron chi connectivity index (χ1n) is 4.72. The minimum absolute atomic E-state index is 0.0661. The fourth-order valence-corrected chi connectivity index (χ4v) is 3.36. The van der Waals surface area contributed by atoms with Crippen LogP contribution in [0.4, 0.5) is 0 Å². The molecule has 5 heteroatoms. The van der Waals surface area contributed by atoms with Crippen molar-refractivity contribution in [1.82, 2.24) is 0 Å². The molecule has 1 saturated heterocycles. The van der Waals surface area contributed by atoms with Gasteiger partial charge in [-0.3, -0.25) is 9.59 Å². The van der Waals surface area contributed by atoms with Crippen LogP contribution in [-0.4, -0.2) is 34.4 Å². The summed E-state index contributed by atoms with van der Waals surface area (Å²) in [5, 5.41) is 18.7. The molecular formula is C9H10O5. The van der Waals surface area contributed by atoms with Crippen LogP contribution in [0.1, 0.15) is 6.42 Å². The number of aliphatic hydroxyl groups excluding tert-OH is 1. The number of rotatable bonds is 1. The molecule has 0 radical (unpaired) electrons. The molecule has 6 atom stereocenters. The lowest BCUT2D eigenvalue weighted by molar-refractivity contribution is -0.151. The highest BCUT2D eigenvalue weighted by Crippen LogP contribution is 2.57. The first-order chi connectivity index (χ1) is 6.61. The third kappa shape index (κ3) is 0.706. The highest BCUT2D eigenvalue weighted by molar-refractivity contribution is 5.85. The predicted molar refractivity (Wildman–Crippen MR) is 42.1 cm³/mol. The number of aliphatic hydroxyl groups is 1. The number of carboxylic acids is 1. The van der Waals surface area contributed by atoms with Crippen LogP contribution >= 0.6 is 0 Å². The van der Waals surface area contributed by atoms with Crippen LogP contribution in [0, 0.1) is 23.7 Å². The Labute approximate surface area is 79.7 Å². The molecule has 0 aromatic heterocycles. The van der Waals surface area contributed by atoms with Crippen molar-refractivity contribution in [1.29, 1.82) is 0 Å². The zero-order chi connectivity index (χ0) is 10.0. The van der Waals surface area contributed by atoms with Gasteiger partial charge in [-0.05, 0) is 6.42 Å². The molecule has 14 heavy (non-hydrogen) atoms. The molecule has 1 heterocycles. The van der Waals surface area contributed by atoms with E-state index in [0.29, 0.717) is 6.42 Å². The van der Waals surface area contributed by atoms with Gasteiger partial charge in [-0.25, -0.2) is 0 Å². The van der Waals surface area contributed by atoms with Gasteiger partial charge in [0.25, 0.3) is 0 Å². The average Bonchev–Trinajstić information content (AvgIpc) is 2.67. The number of esters is 1. The van der Waals surface area contributed by atoms with Gasteiger partial charge in [0, 0.05) is 11.8 Å². The van der Waals surface area contributed by atoms with E-state index < -0.39 is 36.0 Å². The average molecular weight is 198 g/mol. The molecule has 5 nitrogen and oxygen atoms in total. The quantitative estimate of drug-likeness (QED) is 0.541. The van der Waals surface area contributed by atoms with Crippen LogP contribution in [-0.2, 0) is 14.3 Å². The molecule has 0 unspecified atom stereocenters. The predicted octanol–water partition coefficient (Wildman–Crippen LogP) is -0.761. The van der Waals surface area contributed by atoms with Crippen molar-refractivity contribution in [3.8, 4) is 0 Å². The van der Waals surface area contributed by atoms with Gasteiger partial charge in [0.1, 0.15) is 6.10 Å². The maximum Gasteiger partial charge on any atom is 0.310 e. The van der Waals surface area contributed by atoms with Gasteiger partial charge in [0.2, 0.25) is 0 Å². The van der Waals surface area contributed by atoms with E-state index in [9.17, 15) is 14.7 Å². The van der Waals surface area contributed by atoms with Gasteiger partial charge in [0.15, 0.2) is 0 Å². The SMILES string of the molecule is O=C1O[C@H]2[C@@H](O)[C@@H]3C[C@H]2[C@H]1[C@H]3C(=O)O. The Bertz CT molecular complexity index is 325. The summed E-state index contributed by atoms with van der Waals surface area (Å²) in [7, 11) is 0. The topological polar surface area (TPSA) is 83.8 Å². The Morgan fingerprint density at radius 2 is 2.14 bits per heavy atom. The Morgan fingerprint density at radius 1 is 1.43 bits per heavy atom. The van der Waals surface area contributed by atoms with Crippen molar-refractivity contribution in [3.05, 3.63) is 0 Å². The smallest absolute Gasteiger partial charge is 0.310 e. The molecule has 2 N–H and O–H groups in total. The second-order valence-electron chi connectivity index (χ2n) is 4.35. The standard InChI is InChI=1S/C9H10O5/c10-6-2-1-3-5(4(2)8(11)12)9(13)14-7(3)6/h2-7,10H,1H2,(H,11,12)/t2-,3+,4+,5+,6+,7-/m1/s1. The van der Waals surface area contributed by atoms with Crippen LogP contribution in [0.2, 0.25) is 0 Å². The van der Waals surface area contributed by atoms with E-state index in [1.807, 2.05) is 0 Å². The number of carbonyl (C=O) groups excluding carboxylic acids is 1. The second-order valence-corrected chi connectivity index (χ2v) is 4.35. The molecule has 0 amide bonds. The minimum Gasteiger partial charge on any atom is -0.481 e. The normalized spacial score (nSPS) is 53.6. The summed E-state index contributed by atoms with van der Waals surface area (Å²) in [5.41, 5.74) is 0. The lowest BCUT2D eigenvalue weighted by atomic mass is 9.79. The van der Waals surface area contributed by atoms with Crippen LogP contribution in [0.3, 0.4) is 0 Å². The van der Waals surface area contributed by atoms with E-state index in [4.69, 9.17) is 9.84 Å². The fourth-order valence-electron chi connectivity index (χ4n) is 3.36. The number of hydrogen-bond acceptors (Lipinski definition) is 4. The van der Waals surface area contributed by atoms with Crippen LogP contribution in [0.25, 0.3) is 0 Å². The highest BCUT2D eigenvalue weighted by atomic mass is 16.6. The lowest BCUT2D eigenvalue weighted by Crippen LogP contribution is -2.40. The monoisotopic (exact) mass is 198 g/mol. The summed E-state index contributed by atoms with van der Waals surface area (Å²) >= 11 is 0. The second kappa shape index (κ2) is 2.28. The molecular weight excluding hydrogens is 188 g/mol. The molecule has 3 aliphatic rings. The summed E-state index contributed by atoms with van der Waals surface area (Å²) in [6.07, 6.45) is -0.601. The fraction of sp³-hybridized carbons (Fsp3) is 0.778. The van der Waals surface area contributed by atoms with Crippen molar-refractivity contribution in [3.63, 3.8) is 0 Å². The van der Waals surface area contributed by atoms with E-state index in [-0.39, 0.29) is 11.8 Å². The van der Waals surface area contributed by atoms with Gasteiger partial charge in [-0.2, -0.15) is 0 Å². The lowest BCUT2D eigenvalue weighted by Gasteiger charge is -2.25. The van der Waals surface area contributed by atoms with Crippen molar-refractivity contribution in [2.45, 2.75) is 18.6 Å². The van der Waals surface area contributed by atoms with Crippen molar-refractivity contribution in [2.24, 2.45) is 23.7 Å². The molecule has 2 saturated carbocycles. The highest BCUT2D eigenvalue weighted by Gasteiger charge is 2.68. The third-order valence-electron chi connectivity index (χ3n) is 3.86. The molecule has 2 bridgehead atoms. The molecule has 0 aromatic rings. The zero-order valence-electron chi connectivity index (χ0n) is 7.29.